The number of alkyl carbamates (subject to hydrolysis) is 1. The number of nitrogens with one attached hydrogen (secondary N) is 2. The lowest BCUT2D eigenvalue weighted by Gasteiger charge is -2.21. The molecule has 0 radical (unpaired) electrons. The van der Waals surface area contributed by atoms with Crippen LogP contribution in [0.25, 0.3) is 11.1 Å². The van der Waals surface area contributed by atoms with Crippen LogP contribution in [0.15, 0.2) is 48.5 Å². The second-order valence-corrected chi connectivity index (χ2v) is 9.81. The minimum atomic E-state index is -0.872. The Kier molecular flexibility index (Phi) is 6.91. The first-order chi connectivity index (χ1) is 16.3. The van der Waals surface area contributed by atoms with Gasteiger partial charge in [-0.05, 0) is 46.9 Å². The predicted molar refractivity (Wildman–Crippen MR) is 128 cm³/mol. The van der Waals surface area contributed by atoms with E-state index in [-0.39, 0.29) is 43.1 Å². The van der Waals surface area contributed by atoms with Gasteiger partial charge in [0.15, 0.2) is 0 Å². The predicted octanol–water partition coefficient (Wildman–Crippen LogP) is 4.31. The highest BCUT2D eigenvalue weighted by Crippen LogP contribution is 2.44. The number of fused-ring (bicyclic) bond motifs is 3. The smallest absolute Gasteiger partial charge is 0.407 e. The molecule has 2 aliphatic rings. The lowest BCUT2D eigenvalue weighted by Crippen LogP contribution is -2.42. The number of rotatable bonds is 10. The molecule has 1 unspecified atom stereocenters. The van der Waals surface area contributed by atoms with E-state index in [1.165, 1.54) is 11.1 Å². The molecule has 2 aliphatic carbocycles. The van der Waals surface area contributed by atoms with Gasteiger partial charge in [-0.3, -0.25) is 9.59 Å². The van der Waals surface area contributed by atoms with Crippen molar-refractivity contribution >= 4 is 18.0 Å². The summed E-state index contributed by atoms with van der Waals surface area (Å²) in [5.74, 6) is -1.06. The summed E-state index contributed by atoms with van der Waals surface area (Å²) >= 11 is 0. The third-order valence-electron chi connectivity index (χ3n) is 7.00. The zero-order chi connectivity index (χ0) is 24.3. The van der Waals surface area contributed by atoms with Gasteiger partial charge < -0.3 is 20.5 Å². The van der Waals surface area contributed by atoms with Gasteiger partial charge >= 0.3 is 12.1 Å². The lowest BCUT2D eigenvalue weighted by molar-refractivity contribution is -0.138. The number of carbonyl (C=O) groups is 3. The quantitative estimate of drug-likeness (QED) is 0.486. The van der Waals surface area contributed by atoms with Crippen LogP contribution in [-0.4, -0.2) is 41.8 Å². The van der Waals surface area contributed by atoms with E-state index >= 15 is 0 Å². The molecule has 0 heterocycles. The van der Waals surface area contributed by atoms with Gasteiger partial charge in [0.1, 0.15) is 6.61 Å². The number of aliphatic carboxylic acids is 1. The van der Waals surface area contributed by atoms with Gasteiger partial charge in [-0.25, -0.2) is 4.79 Å². The van der Waals surface area contributed by atoms with E-state index < -0.39 is 17.6 Å². The van der Waals surface area contributed by atoms with Crippen molar-refractivity contribution in [2.45, 2.75) is 51.0 Å². The van der Waals surface area contributed by atoms with Crippen molar-refractivity contribution in [2.75, 3.05) is 13.2 Å². The molecular weight excluding hydrogens is 432 g/mol. The second kappa shape index (κ2) is 9.87. The number of amides is 2. The van der Waals surface area contributed by atoms with Crippen LogP contribution in [-0.2, 0) is 14.3 Å². The maximum Gasteiger partial charge on any atom is 0.407 e. The van der Waals surface area contributed by atoms with Gasteiger partial charge in [-0.2, -0.15) is 0 Å². The summed E-state index contributed by atoms with van der Waals surface area (Å²) in [6, 6.07) is 16.3. The van der Waals surface area contributed by atoms with Gasteiger partial charge in [0.25, 0.3) is 0 Å². The van der Waals surface area contributed by atoms with E-state index in [1.54, 1.807) is 0 Å². The zero-order valence-electron chi connectivity index (χ0n) is 19.7. The van der Waals surface area contributed by atoms with Crippen LogP contribution >= 0.6 is 0 Å². The first kappa shape index (κ1) is 23.8. The van der Waals surface area contributed by atoms with Crippen LogP contribution in [0.4, 0.5) is 4.79 Å². The molecular formula is C27H32N2O5. The SMILES string of the molecule is CC(C)C(CNC(=O)CC1(NC(=O)OCC2c3ccccc3-c3ccccc32)CC1)CC(=O)O. The molecule has 3 N–H and O–H groups in total. The number of hydrogen-bond acceptors (Lipinski definition) is 4. The summed E-state index contributed by atoms with van der Waals surface area (Å²) in [6.45, 7) is 4.43. The molecule has 2 amide bonds. The second-order valence-electron chi connectivity index (χ2n) is 9.81. The fourth-order valence-corrected chi connectivity index (χ4v) is 4.73. The molecule has 0 aliphatic heterocycles. The van der Waals surface area contributed by atoms with Gasteiger partial charge in [-0.1, -0.05) is 62.4 Å². The van der Waals surface area contributed by atoms with Gasteiger partial charge in [0, 0.05) is 18.9 Å². The number of hydrogen-bond donors (Lipinski definition) is 3. The van der Waals surface area contributed by atoms with Crippen LogP contribution in [0.3, 0.4) is 0 Å². The van der Waals surface area contributed by atoms with Crippen LogP contribution in [0.5, 0.6) is 0 Å². The zero-order valence-corrected chi connectivity index (χ0v) is 19.7. The number of carboxylic acid groups (broad SMARTS) is 1. The average Bonchev–Trinajstić information content (AvgIpc) is 3.46. The maximum absolute atomic E-state index is 12.6. The molecule has 1 atom stereocenters. The van der Waals surface area contributed by atoms with Gasteiger partial charge in [-0.15, -0.1) is 0 Å². The van der Waals surface area contributed by atoms with Gasteiger partial charge in [0.2, 0.25) is 5.91 Å². The Balaban J connectivity index is 1.29. The molecule has 0 aromatic heterocycles. The Morgan fingerprint density at radius 2 is 1.62 bits per heavy atom. The third kappa shape index (κ3) is 5.41. The highest BCUT2D eigenvalue weighted by Gasteiger charge is 2.46. The minimum absolute atomic E-state index is 0.0150. The Morgan fingerprint density at radius 1 is 1.03 bits per heavy atom. The number of benzene rings is 2. The van der Waals surface area contributed by atoms with Crippen molar-refractivity contribution in [3.8, 4) is 11.1 Å². The van der Waals surface area contributed by atoms with Crippen molar-refractivity contribution in [3.05, 3.63) is 59.7 Å². The average molecular weight is 465 g/mol. The molecule has 0 spiro atoms. The molecule has 2 aromatic rings. The third-order valence-corrected chi connectivity index (χ3v) is 7.00. The van der Waals surface area contributed by atoms with Crippen LogP contribution in [0, 0.1) is 11.8 Å². The lowest BCUT2D eigenvalue weighted by atomic mass is 9.92. The van der Waals surface area contributed by atoms with E-state index in [0.717, 1.165) is 11.1 Å². The number of carbonyl (C=O) groups excluding carboxylic acids is 2. The van der Waals surface area contributed by atoms with Crippen LogP contribution < -0.4 is 10.6 Å². The van der Waals surface area contributed by atoms with Gasteiger partial charge in [0.05, 0.1) is 12.0 Å². The topological polar surface area (TPSA) is 105 Å². The van der Waals surface area contributed by atoms with Crippen LogP contribution in [0.1, 0.15) is 56.6 Å². The molecule has 0 bridgehead atoms. The Hall–Kier alpha value is -3.35. The number of ether oxygens (including phenoxy) is 1. The summed E-state index contributed by atoms with van der Waals surface area (Å²) in [4.78, 5) is 36.1. The maximum atomic E-state index is 12.6. The molecule has 1 fully saturated rings. The number of carboxylic acids is 1. The van der Waals surface area contributed by atoms with E-state index in [4.69, 9.17) is 9.84 Å². The fraction of sp³-hybridized carbons (Fsp3) is 0.444. The summed E-state index contributed by atoms with van der Waals surface area (Å²) < 4.78 is 5.62. The largest absolute Gasteiger partial charge is 0.481 e. The fourth-order valence-electron chi connectivity index (χ4n) is 4.73. The van der Waals surface area contributed by atoms with Crippen LogP contribution in [0.2, 0.25) is 0 Å². The standard InChI is InChI=1S/C27H32N2O5/c1-17(2)18(13-25(31)32)15-28-24(30)14-27(11-12-27)29-26(33)34-16-23-21-9-5-3-7-19(21)20-8-4-6-10-22(20)23/h3-10,17-18,23H,11-16H2,1-2H3,(H,28,30)(H,29,33)(H,31,32). The normalized spacial score (nSPS) is 16.3. The molecule has 1 saturated carbocycles. The van der Waals surface area contributed by atoms with E-state index in [0.29, 0.717) is 19.4 Å². The van der Waals surface area contributed by atoms with E-state index in [2.05, 4.69) is 34.9 Å². The van der Waals surface area contributed by atoms with Crippen molar-refractivity contribution in [1.82, 2.24) is 10.6 Å². The first-order valence-corrected chi connectivity index (χ1v) is 11.9. The molecule has 0 saturated heterocycles. The van der Waals surface area contributed by atoms with Crippen molar-refractivity contribution < 1.29 is 24.2 Å². The Labute approximate surface area is 199 Å². The Morgan fingerprint density at radius 3 is 2.15 bits per heavy atom. The van der Waals surface area contributed by atoms with Crippen molar-refractivity contribution in [1.29, 1.82) is 0 Å². The summed E-state index contributed by atoms with van der Waals surface area (Å²) in [5, 5.41) is 14.8. The van der Waals surface area contributed by atoms with E-state index in [1.807, 2.05) is 38.1 Å². The van der Waals surface area contributed by atoms with E-state index in [9.17, 15) is 14.4 Å². The summed E-state index contributed by atoms with van der Waals surface area (Å²) in [5.41, 5.74) is 4.07. The molecule has 4 rings (SSSR count). The minimum Gasteiger partial charge on any atom is -0.481 e. The molecule has 7 heteroatoms. The highest BCUT2D eigenvalue weighted by atomic mass is 16.5. The molecule has 34 heavy (non-hydrogen) atoms. The molecule has 180 valence electrons. The summed E-state index contributed by atoms with van der Waals surface area (Å²) in [6.07, 6.45) is 1.09. The molecule has 7 nitrogen and oxygen atoms in total. The van der Waals surface area contributed by atoms with Crippen molar-refractivity contribution in [2.24, 2.45) is 11.8 Å². The molecule has 2 aromatic carbocycles. The Bertz CT molecular complexity index is 1030. The first-order valence-electron chi connectivity index (χ1n) is 11.9. The van der Waals surface area contributed by atoms with Crippen molar-refractivity contribution in [3.63, 3.8) is 0 Å². The summed E-state index contributed by atoms with van der Waals surface area (Å²) in [7, 11) is 0. The monoisotopic (exact) mass is 464 g/mol. The highest BCUT2D eigenvalue weighted by molar-refractivity contribution is 5.80.